The highest BCUT2D eigenvalue weighted by atomic mass is 32.2. The van der Waals surface area contributed by atoms with Crippen molar-refractivity contribution in [1.29, 1.82) is 0 Å². The first-order valence-corrected chi connectivity index (χ1v) is 12.2. The molecule has 0 aliphatic heterocycles. The maximum Gasteiger partial charge on any atom is 0.261 e. The number of hydrogen-bond acceptors (Lipinski definition) is 7. The van der Waals surface area contributed by atoms with Crippen LogP contribution in [-0.4, -0.2) is 56.0 Å². The summed E-state index contributed by atoms with van der Waals surface area (Å²) in [5.74, 6) is -0.556. The van der Waals surface area contributed by atoms with Crippen LogP contribution < -0.4 is 16.4 Å². The summed E-state index contributed by atoms with van der Waals surface area (Å²) in [5.41, 5.74) is 0.264. The minimum Gasteiger partial charge on any atom is -0.323 e. The average Bonchev–Trinajstić information content (AvgIpc) is 3.27. The molecule has 3 aromatic heterocycles. The number of carbonyl (C=O) groups excluding carboxylic acids is 1. The third-order valence-electron chi connectivity index (χ3n) is 5.39. The number of sulfonamides is 1. The molecule has 0 unspecified atom stereocenters. The smallest absolute Gasteiger partial charge is 0.261 e. The summed E-state index contributed by atoms with van der Waals surface area (Å²) in [6.45, 7) is 3.58. The van der Waals surface area contributed by atoms with E-state index in [0.29, 0.717) is 17.0 Å². The standard InChI is InChI=1S/C22H23N7O5S/c1-3-28(4-2)35(33,34)15-9-10-20(31)27(12-15)13-19(30)26-17-7-5-6-8-18(17)29-21-16(11-25-29)22(32)24-14-23-21/h5-12,14H,3-4,13H2,1-2H3,(H,26,30)(H,23,24,32). The third-order valence-corrected chi connectivity index (χ3v) is 7.42. The van der Waals surface area contributed by atoms with Gasteiger partial charge in [0, 0.05) is 25.4 Å². The van der Waals surface area contributed by atoms with Crippen LogP contribution in [-0.2, 0) is 21.4 Å². The predicted molar refractivity (Wildman–Crippen MR) is 129 cm³/mol. The largest absolute Gasteiger partial charge is 0.323 e. The first kappa shape index (κ1) is 24.0. The van der Waals surface area contributed by atoms with Crippen molar-refractivity contribution in [3.63, 3.8) is 0 Å². The Morgan fingerprint density at radius 3 is 2.60 bits per heavy atom. The highest BCUT2D eigenvalue weighted by Crippen LogP contribution is 2.22. The molecule has 0 saturated carbocycles. The molecule has 13 heteroatoms. The van der Waals surface area contributed by atoms with Gasteiger partial charge >= 0.3 is 0 Å². The first-order valence-electron chi connectivity index (χ1n) is 10.8. The number of pyridine rings is 1. The molecular weight excluding hydrogens is 474 g/mol. The van der Waals surface area contributed by atoms with Crippen molar-refractivity contribution in [2.45, 2.75) is 25.3 Å². The average molecular weight is 498 g/mol. The number of benzene rings is 1. The van der Waals surface area contributed by atoms with Gasteiger partial charge in [-0.2, -0.15) is 9.40 Å². The van der Waals surface area contributed by atoms with E-state index in [9.17, 15) is 22.8 Å². The maximum absolute atomic E-state index is 12.8. The van der Waals surface area contributed by atoms with Crippen LogP contribution >= 0.6 is 0 Å². The Bertz CT molecular complexity index is 1620. The van der Waals surface area contributed by atoms with Crippen LogP contribution in [0, 0.1) is 0 Å². The molecule has 0 fully saturated rings. The Morgan fingerprint density at radius 2 is 1.86 bits per heavy atom. The molecule has 4 rings (SSSR count). The number of H-pyrrole nitrogens is 1. The summed E-state index contributed by atoms with van der Waals surface area (Å²) in [6.07, 6.45) is 3.80. The number of anilines is 1. The fraction of sp³-hybridized carbons (Fsp3) is 0.227. The van der Waals surface area contributed by atoms with Crippen LogP contribution in [0.3, 0.4) is 0 Å². The minimum atomic E-state index is -3.80. The second-order valence-electron chi connectivity index (χ2n) is 7.51. The van der Waals surface area contributed by atoms with E-state index < -0.39 is 28.0 Å². The van der Waals surface area contributed by atoms with Crippen LogP contribution in [0.4, 0.5) is 5.69 Å². The van der Waals surface area contributed by atoms with E-state index >= 15 is 0 Å². The Labute approximate surface area is 199 Å². The molecule has 0 aliphatic carbocycles. The monoisotopic (exact) mass is 497 g/mol. The van der Waals surface area contributed by atoms with E-state index in [2.05, 4.69) is 20.4 Å². The summed E-state index contributed by atoms with van der Waals surface area (Å²) in [7, 11) is -3.80. The summed E-state index contributed by atoms with van der Waals surface area (Å²) >= 11 is 0. The lowest BCUT2D eigenvalue weighted by atomic mass is 10.2. The van der Waals surface area contributed by atoms with Crippen LogP contribution in [0.1, 0.15) is 13.8 Å². The van der Waals surface area contributed by atoms with Gasteiger partial charge in [0.05, 0.1) is 28.8 Å². The molecule has 2 N–H and O–H groups in total. The second-order valence-corrected chi connectivity index (χ2v) is 9.45. The van der Waals surface area contributed by atoms with Gasteiger partial charge in [0.2, 0.25) is 15.9 Å². The maximum atomic E-state index is 12.8. The number of hydrogen-bond donors (Lipinski definition) is 2. The van der Waals surface area contributed by atoms with Crippen molar-refractivity contribution in [3.05, 3.63) is 75.8 Å². The lowest BCUT2D eigenvalue weighted by Crippen LogP contribution is -2.33. The molecule has 0 radical (unpaired) electrons. The molecule has 4 aromatic rings. The van der Waals surface area contributed by atoms with Gasteiger partial charge in [-0.1, -0.05) is 26.0 Å². The van der Waals surface area contributed by atoms with Gasteiger partial charge in [-0.3, -0.25) is 14.4 Å². The summed E-state index contributed by atoms with van der Waals surface area (Å²) in [5, 5.41) is 7.23. The van der Waals surface area contributed by atoms with Crippen molar-refractivity contribution in [2.75, 3.05) is 18.4 Å². The van der Waals surface area contributed by atoms with E-state index in [0.717, 1.165) is 10.6 Å². The van der Waals surface area contributed by atoms with E-state index in [1.165, 1.54) is 33.8 Å². The Balaban J connectivity index is 1.63. The van der Waals surface area contributed by atoms with Gasteiger partial charge < -0.3 is 14.9 Å². The molecule has 3 heterocycles. The predicted octanol–water partition coefficient (Wildman–Crippen LogP) is 0.940. The zero-order chi connectivity index (χ0) is 25.2. The van der Waals surface area contributed by atoms with E-state index in [4.69, 9.17) is 0 Å². The van der Waals surface area contributed by atoms with Gasteiger partial charge in [-0.15, -0.1) is 0 Å². The Morgan fingerprint density at radius 1 is 1.11 bits per heavy atom. The zero-order valence-electron chi connectivity index (χ0n) is 19.0. The third kappa shape index (κ3) is 4.63. The summed E-state index contributed by atoms with van der Waals surface area (Å²) in [6, 6.07) is 9.12. The number of carbonyl (C=O) groups is 1. The van der Waals surface area contributed by atoms with E-state index in [-0.39, 0.29) is 28.9 Å². The topological polar surface area (TPSA) is 152 Å². The Hall–Kier alpha value is -4.10. The number of aromatic nitrogens is 5. The van der Waals surface area contributed by atoms with Crippen molar-refractivity contribution < 1.29 is 13.2 Å². The summed E-state index contributed by atoms with van der Waals surface area (Å²) in [4.78, 5) is 43.8. The van der Waals surface area contributed by atoms with Crippen LogP contribution in [0.15, 0.2) is 69.6 Å². The highest BCUT2D eigenvalue weighted by molar-refractivity contribution is 7.89. The van der Waals surface area contributed by atoms with Gasteiger partial charge in [-0.25, -0.2) is 18.1 Å². The van der Waals surface area contributed by atoms with E-state index in [1.54, 1.807) is 38.1 Å². The van der Waals surface area contributed by atoms with Crippen LogP contribution in [0.25, 0.3) is 16.7 Å². The molecule has 1 aromatic carbocycles. The minimum absolute atomic E-state index is 0.0756. The number of rotatable bonds is 8. The first-order chi connectivity index (χ1) is 16.8. The fourth-order valence-corrected chi connectivity index (χ4v) is 5.12. The molecule has 0 aliphatic rings. The second kappa shape index (κ2) is 9.64. The summed E-state index contributed by atoms with van der Waals surface area (Å²) < 4.78 is 29.3. The lowest BCUT2D eigenvalue weighted by Gasteiger charge is -2.19. The molecule has 35 heavy (non-hydrogen) atoms. The molecule has 0 atom stereocenters. The van der Waals surface area contributed by atoms with Crippen molar-refractivity contribution >= 4 is 32.7 Å². The SMILES string of the molecule is CCN(CC)S(=O)(=O)c1ccc(=O)n(CC(=O)Nc2ccccc2-n2ncc3c(=O)[nH]cnc32)c1. The van der Waals surface area contributed by atoms with Crippen LogP contribution in [0.2, 0.25) is 0 Å². The van der Waals surface area contributed by atoms with Gasteiger partial charge in [-0.05, 0) is 18.2 Å². The zero-order valence-corrected chi connectivity index (χ0v) is 19.8. The fourth-order valence-electron chi connectivity index (χ4n) is 3.64. The number of para-hydroxylation sites is 2. The lowest BCUT2D eigenvalue weighted by molar-refractivity contribution is -0.116. The molecule has 182 valence electrons. The van der Waals surface area contributed by atoms with Gasteiger partial charge in [0.15, 0.2) is 5.65 Å². The van der Waals surface area contributed by atoms with Crippen molar-refractivity contribution in [1.82, 2.24) is 28.6 Å². The molecule has 12 nitrogen and oxygen atoms in total. The van der Waals surface area contributed by atoms with Crippen molar-refractivity contribution in [3.8, 4) is 5.69 Å². The number of amides is 1. The molecular formula is C22H23N7O5S. The number of nitrogens with zero attached hydrogens (tertiary/aromatic N) is 5. The Kier molecular flexibility index (Phi) is 6.62. The van der Waals surface area contributed by atoms with Gasteiger partial charge in [0.25, 0.3) is 11.1 Å². The van der Waals surface area contributed by atoms with Gasteiger partial charge in [0.1, 0.15) is 11.9 Å². The van der Waals surface area contributed by atoms with E-state index in [1.807, 2.05) is 0 Å². The highest BCUT2D eigenvalue weighted by Gasteiger charge is 2.23. The number of fused-ring (bicyclic) bond motifs is 1. The van der Waals surface area contributed by atoms with Crippen molar-refractivity contribution in [2.24, 2.45) is 0 Å². The van der Waals surface area contributed by atoms with Crippen LogP contribution in [0.5, 0.6) is 0 Å². The molecule has 0 spiro atoms. The number of nitrogens with one attached hydrogen (secondary N) is 2. The molecule has 1 amide bonds. The number of aromatic amines is 1. The molecule has 0 saturated heterocycles. The normalized spacial score (nSPS) is 11.7. The molecule has 0 bridgehead atoms. The quantitative estimate of drug-likeness (QED) is 0.367.